The summed E-state index contributed by atoms with van der Waals surface area (Å²) >= 11 is 0. The third-order valence-electron chi connectivity index (χ3n) is 2.65. The lowest BCUT2D eigenvalue weighted by molar-refractivity contribution is -0.125. The highest BCUT2D eigenvalue weighted by Crippen LogP contribution is 2.16. The standard InChI is InChI=1S/C9H18N2O/c1-3-11-6-4-8(5-7-11)9(12)10-2/h8H,3-7H2,1-2H3,(H,10,12). The molecule has 1 heterocycles. The third-order valence-corrected chi connectivity index (χ3v) is 2.65. The zero-order valence-corrected chi connectivity index (χ0v) is 7.97. The normalized spacial score (nSPS) is 20.8. The molecule has 12 heavy (non-hydrogen) atoms. The molecule has 70 valence electrons. The molecule has 0 aromatic heterocycles. The van der Waals surface area contributed by atoms with Crippen LogP contribution in [0, 0.1) is 5.92 Å². The molecule has 0 spiro atoms. The molecule has 1 aliphatic heterocycles. The molecule has 1 fully saturated rings. The Morgan fingerprint density at radius 3 is 2.50 bits per heavy atom. The van der Waals surface area contributed by atoms with Crippen LogP contribution in [0.2, 0.25) is 0 Å². The van der Waals surface area contributed by atoms with Gasteiger partial charge in [-0.05, 0) is 32.5 Å². The van der Waals surface area contributed by atoms with Crippen molar-refractivity contribution in [2.45, 2.75) is 19.8 Å². The minimum atomic E-state index is 0.214. The molecule has 3 heteroatoms. The quantitative estimate of drug-likeness (QED) is 0.653. The van der Waals surface area contributed by atoms with E-state index in [1.807, 2.05) is 0 Å². The first-order valence-corrected chi connectivity index (χ1v) is 4.72. The predicted molar refractivity (Wildman–Crippen MR) is 48.9 cm³/mol. The van der Waals surface area contributed by atoms with Crippen LogP contribution in [0.3, 0.4) is 0 Å². The van der Waals surface area contributed by atoms with E-state index in [2.05, 4.69) is 17.1 Å². The zero-order chi connectivity index (χ0) is 8.97. The van der Waals surface area contributed by atoms with Gasteiger partial charge in [0.1, 0.15) is 0 Å². The van der Waals surface area contributed by atoms with Crippen LogP contribution in [0.1, 0.15) is 19.8 Å². The molecule has 0 radical (unpaired) electrons. The summed E-state index contributed by atoms with van der Waals surface area (Å²) in [5, 5.41) is 2.71. The summed E-state index contributed by atoms with van der Waals surface area (Å²) in [5.41, 5.74) is 0. The van der Waals surface area contributed by atoms with Crippen LogP contribution in [-0.2, 0) is 4.79 Å². The van der Waals surface area contributed by atoms with Crippen LogP contribution in [-0.4, -0.2) is 37.5 Å². The van der Waals surface area contributed by atoms with Crippen molar-refractivity contribution in [3.8, 4) is 0 Å². The average Bonchev–Trinajstić information content (AvgIpc) is 2.17. The van der Waals surface area contributed by atoms with Crippen LogP contribution in [0.15, 0.2) is 0 Å². The summed E-state index contributed by atoms with van der Waals surface area (Å²) in [7, 11) is 1.72. The van der Waals surface area contributed by atoms with Gasteiger partial charge in [-0.1, -0.05) is 6.92 Å². The largest absolute Gasteiger partial charge is 0.359 e. The maximum absolute atomic E-state index is 11.2. The third kappa shape index (κ3) is 2.21. The first-order chi connectivity index (χ1) is 5.77. The van der Waals surface area contributed by atoms with Crippen molar-refractivity contribution in [1.82, 2.24) is 10.2 Å². The maximum atomic E-state index is 11.2. The number of rotatable bonds is 2. The lowest BCUT2D eigenvalue weighted by Crippen LogP contribution is -2.39. The summed E-state index contributed by atoms with van der Waals surface area (Å²) in [6.07, 6.45) is 2.04. The van der Waals surface area contributed by atoms with Crippen LogP contribution >= 0.6 is 0 Å². The number of hydrogen-bond acceptors (Lipinski definition) is 2. The van der Waals surface area contributed by atoms with Gasteiger partial charge in [-0.3, -0.25) is 4.79 Å². The molecule has 0 saturated carbocycles. The number of amides is 1. The van der Waals surface area contributed by atoms with Gasteiger partial charge in [-0.25, -0.2) is 0 Å². The Balaban J connectivity index is 2.30. The number of nitrogens with zero attached hydrogens (tertiary/aromatic N) is 1. The smallest absolute Gasteiger partial charge is 0.222 e. The van der Waals surface area contributed by atoms with Crippen molar-refractivity contribution in [2.75, 3.05) is 26.7 Å². The van der Waals surface area contributed by atoms with Crippen LogP contribution in [0.5, 0.6) is 0 Å². The summed E-state index contributed by atoms with van der Waals surface area (Å²) in [6, 6.07) is 0. The second-order valence-electron chi connectivity index (χ2n) is 3.32. The van der Waals surface area contributed by atoms with E-state index in [-0.39, 0.29) is 11.8 Å². The van der Waals surface area contributed by atoms with Crippen molar-refractivity contribution in [2.24, 2.45) is 5.92 Å². The molecule has 1 aliphatic rings. The SMILES string of the molecule is CCN1CCC(C(=O)NC)CC1. The van der Waals surface area contributed by atoms with Crippen molar-refractivity contribution >= 4 is 5.91 Å². The maximum Gasteiger partial charge on any atom is 0.222 e. The van der Waals surface area contributed by atoms with Crippen molar-refractivity contribution in [1.29, 1.82) is 0 Å². The molecule has 0 aromatic rings. The fraction of sp³-hybridized carbons (Fsp3) is 0.889. The van der Waals surface area contributed by atoms with Crippen molar-refractivity contribution in [3.05, 3.63) is 0 Å². The van der Waals surface area contributed by atoms with E-state index >= 15 is 0 Å². The lowest BCUT2D eigenvalue weighted by atomic mass is 9.96. The van der Waals surface area contributed by atoms with E-state index < -0.39 is 0 Å². The van der Waals surface area contributed by atoms with E-state index in [1.165, 1.54) is 0 Å². The molecule has 1 saturated heterocycles. The Bertz CT molecular complexity index is 151. The highest BCUT2D eigenvalue weighted by molar-refractivity contribution is 5.78. The fourth-order valence-electron chi connectivity index (χ4n) is 1.72. The molecule has 0 aromatic carbocycles. The van der Waals surface area contributed by atoms with Gasteiger partial charge in [0, 0.05) is 13.0 Å². The molecular weight excluding hydrogens is 152 g/mol. The van der Waals surface area contributed by atoms with Gasteiger partial charge in [-0.15, -0.1) is 0 Å². The van der Waals surface area contributed by atoms with Crippen LogP contribution in [0.4, 0.5) is 0 Å². The fourth-order valence-corrected chi connectivity index (χ4v) is 1.72. The monoisotopic (exact) mass is 170 g/mol. The van der Waals surface area contributed by atoms with Gasteiger partial charge in [0.05, 0.1) is 0 Å². The topological polar surface area (TPSA) is 32.3 Å². The van der Waals surface area contributed by atoms with E-state index in [0.29, 0.717) is 0 Å². The first kappa shape index (κ1) is 9.52. The second-order valence-corrected chi connectivity index (χ2v) is 3.32. The summed E-state index contributed by atoms with van der Waals surface area (Å²) in [4.78, 5) is 13.6. The molecular formula is C9H18N2O. The highest BCUT2D eigenvalue weighted by atomic mass is 16.1. The number of nitrogens with one attached hydrogen (secondary N) is 1. The lowest BCUT2D eigenvalue weighted by Gasteiger charge is -2.29. The molecule has 1 amide bonds. The summed E-state index contributed by atoms with van der Waals surface area (Å²) in [5.74, 6) is 0.476. The highest BCUT2D eigenvalue weighted by Gasteiger charge is 2.22. The minimum Gasteiger partial charge on any atom is -0.359 e. The van der Waals surface area contributed by atoms with Crippen LogP contribution < -0.4 is 5.32 Å². The predicted octanol–water partition coefficient (Wildman–Crippen LogP) is 0.464. The van der Waals surface area contributed by atoms with E-state index in [9.17, 15) is 4.79 Å². The molecule has 0 atom stereocenters. The zero-order valence-electron chi connectivity index (χ0n) is 7.97. The number of likely N-dealkylation sites (tertiary alicyclic amines) is 1. The molecule has 1 N–H and O–H groups in total. The Hall–Kier alpha value is -0.570. The van der Waals surface area contributed by atoms with E-state index in [1.54, 1.807) is 7.05 Å². The molecule has 3 nitrogen and oxygen atoms in total. The van der Waals surface area contributed by atoms with E-state index in [4.69, 9.17) is 0 Å². The van der Waals surface area contributed by atoms with Crippen LogP contribution in [0.25, 0.3) is 0 Å². The van der Waals surface area contributed by atoms with Gasteiger partial charge in [0.15, 0.2) is 0 Å². The average molecular weight is 170 g/mol. The van der Waals surface area contributed by atoms with Gasteiger partial charge in [-0.2, -0.15) is 0 Å². The Morgan fingerprint density at radius 2 is 2.08 bits per heavy atom. The van der Waals surface area contributed by atoms with Gasteiger partial charge in [0.25, 0.3) is 0 Å². The Kier molecular flexibility index (Phi) is 3.53. The van der Waals surface area contributed by atoms with E-state index in [0.717, 1.165) is 32.5 Å². The number of carbonyl (C=O) groups is 1. The number of hydrogen-bond donors (Lipinski definition) is 1. The summed E-state index contributed by atoms with van der Waals surface area (Å²) in [6.45, 7) is 5.43. The molecule has 0 unspecified atom stereocenters. The van der Waals surface area contributed by atoms with Gasteiger partial charge < -0.3 is 10.2 Å². The molecule has 0 bridgehead atoms. The van der Waals surface area contributed by atoms with Gasteiger partial charge >= 0.3 is 0 Å². The van der Waals surface area contributed by atoms with Gasteiger partial charge in [0.2, 0.25) is 5.91 Å². The number of piperidine rings is 1. The summed E-state index contributed by atoms with van der Waals surface area (Å²) < 4.78 is 0. The number of carbonyl (C=O) groups excluding carboxylic acids is 1. The molecule has 0 aliphatic carbocycles. The molecule has 1 rings (SSSR count). The second kappa shape index (κ2) is 4.45. The first-order valence-electron chi connectivity index (χ1n) is 4.72. The Labute approximate surface area is 74.1 Å². The van der Waals surface area contributed by atoms with Crippen molar-refractivity contribution in [3.63, 3.8) is 0 Å². The minimum absolute atomic E-state index is 0.214. The van der Waals surface area contributed by atoms with Crippen molar-refractivity contribution < 1.29 is 4.79 Å². The Morgan fingerprint density at radius 1 is 1.50 bits per heavy atom.